The molecule has 1 aromatic rings. The van der Waals surface area contributed by atoms with Gasteiger partial charge in [0.25, 0.3) is 0 Å². The summed E-state index contributed by atoms with van der Waals surface area (Å²) in [4.78, 5) is 12.1. The van der Waals surface area contributed by atoms with E-state index in [1.165, 1.54) is 11.0 Å². The second-order valence-electron chi connectivity index (χ2n) is 4.66. The van der Waals surface area contributed by atoms with E-state index in [9.17, 15) is 17.6 Å². The second kappa shape index (κ2) is 6.17. The van der Waals surface area contributed by atoms with Gasteiger partial charge in [-0.25, -0.2) is 17.6 Å². The lowest BCUT2D eigenvalue weighted by molar-refractivity contribution is 0.210. The van der Waals surface area contributed by atoms with Crippen molar-refractivity contribution in [2.24, 2.45) is 5.73 Å². The molecule has 0 radical (unpaired) electrons. The molecular formula is C12H15ClFN3O3S. The second-order valence-corrected chi connectivity index (χ2v) is 7.00. The van der Waals surface area contributed by atoms with Gasteiger partial charge in [0.05, 0.1) is 0 Å². The van der Waals surface area contributed by atoms with E-state index >= 15 is 0 Å². The molecule has 1 saturated heterocycles. The fourth-order valence-corrected chi connectivity index (χ4v) is 3.85. The van der Waals surface area contributed by atoms with Crippen LogP contribution in [-0.2, 0) is 10.0 Å². The predicted molar refractivity (Wildman–Crippen MR) is 75.9 cm³/mol. The zero-order chi connectivity index (χ0) is 15.6. The third kappa shape index (κ3) is 3.45. The number of nitrogens with zero attached hydrogens (tertiary/aromatic N) is 2. The Morgan fingerprint density at radius 2 is 1.95 bits per heavy atom. The van der Waals surface area contributed by atoms with Gasteiger partial charge >= 0.3 is 6.03 Å². The molecule has 2 amide bonds. The van der Waals surface area contributed by atoms with Crippen molar-refractivity contribution in [3.63, 3.8) is 0 Å². The van der Waals surface area contributed by atoms with Crippen molar-refractivity contribution in [3.8, 4) is 0 Å². The highest BCUT2D eigenvalue weighted by Gasteiger charge is 2.29. The number of halogens is 2. The van der Waals surface area contributed by atoms with Gasteiger partial charge in [0.1, 0.15) is 10.7 Å². The molecule has 0 atom stereocenters. The normalized spacial score (nSPS) is 17.5. The summed E-state index contributed by atoms with van der Waals surface area (Å²) in [5.41, 5.74) is 5.19. The Labute approximate surface area is 127 Å². The lowest BCUT2D eigenvalue weighted by Crippen LogP contribution is -2.39. The molecule has 0 unspecified atom stereocenters. The maximum Gasteiger partial charge on any atom is 0.314 e. The molecule has 0 bridgehead atoms. The summed E-state index contributed by atoms with van der Waals surface area (Å²) in [5.74, 6) is -0.890. The number of primary amides is 1. The Balaban J connectivity index is 2.25. The molecule has 0 spiro atoms. The molecule has 1 aromatic carbocycles. The Morgan fingerprint density at radius 3 is 2.57 bits per heavy atom. The summed E-state index contributed by atoms with van der Waals surface area (Å²) >= 11 is 5.63. The van der Waals surface area contributed by atoms with Crippen molar-refractivity contribution in [1.82, 2.24) is 9.21 Å². The first-order chi connectivity index (χ1) is 9.82. The highest BCUT2D eigenvalue weighted by Crippen LogP contribution is 2.23. The molecular weight excluding hydrogens is 321 g/mol. The third-order valence-corrected chi connectivity index (χ3v) is 5.45. The number of sulfonamides is 1. The minimum Gasteiger partial charge on any atom is -0.351 e. The van der Waals surface area contributed by atoms with Crippen LogP contribution in [0.25, 0.3) is 0 Å². The van der Waals surface area contributed by atoms with Gasteiger partial charge < -0.3 is 10.6 Å². The molecule has 116 valence electrons. The van der Waals surface area contributed by atoms with E-state index in [1.807, 2.05) is 0 Å². The van der Waals surface area contributed by atoms with Crippen LogP contribution in [0.5, 0.6) is 0 Å². The van der Waals surface area contributed by atoms with Crippen LogP contribution in [0, 0.1) is 5.82 Å². The lowest BCUT2D eigenvalue weighted by atomic mass is 10.3. The summed E-state index contributed by atoms with van der Waals surface area (Å²) in [7, 11) is -3.96. The van der Waals surface area contributed by atoms with Gasteiger partial charge in [-0.1, -0.05) is 11.6 Å². The summed E-state index contributed by atoms with van der Waals surface area (Å²) in [6, 6.07) is 2.84. The minimum atomic E-state index is -3.96. The molecule has 0 aromatic heterocycles. The number of carbonyl (C=O) groups excluding carboxylic acids is 1. The van der Waals surface area contributed by atoms with Crippen molar-refractivity contribution in [2.45, 2.75) is 11.3 Å². The average Bonchev–Trinajstić information content (AvgIpc) is 2.64. The molecule has 1 aliphatic heterocycles. The van der Waals surface area contributed by atoms with Gasteiger partial charge in [-0.2, -0.15) is 4.31 Å². The number of nitrogens with two attached hydrogens (primary N) is 1. The number of benzene rings is 1. The molecule has 21 heavy (non-hydrogen) atoms. The molecule has 0 aliphatic carbocycles. The standard InChI is InChI=1S/C12H15ClFN3O3S/c13-9-2-3-11(10(14)8-9)21(19,20)17-5-1-4-16(6-7-17)12(15)18/h2-3,8H,1,4-7H2,(H2,15,18). The minimum absolute atomic E-state index is 0.0767. The quantitative estimate of drug-likeness (QED) is 0.883. The van der Waals surface area contributed by atoms with Crippen LogP contribution < -0.4 is 5.73 Å². The van der Waals surface area contributed by atoms with E-state index < -0.39 is 26.8 Å². The fraction of sp³-hybridized carbons (Fsp3) is 0.417. The van der Waals surface area contributed by atoms with Crippen molar-refractivity contribution < 1.29 is 17.6 Å². The van der Waals surface area contributed by atoms with Gasteiger partial charge in [0.2, 0.25) is 10.0 Å². The summed E-state index contributed by atoms with van der Waals surface area (Å²) < 4.78 is 39.9. The van der Waals surface area contributed by atoms with Crippen molar-refractivity contribution in [2.75, 3.05) is 26.2 Å². The van der Waals surface area contributed by atoms with E-state index in [1.54, 1.807) is 0 Å². The molecule has 9 heteroatoms. The number of hydrogen-bond acceptors (Lipinski definition) is 3. The largest absolute Gasteiger partial charge is 0.351 e. The monoisotopic (exact) mass is 335 g/mol. The van der Waals surface area contributed by atoms with Crippen molar-refractivity contribution in [1.29, 1.82) is 0 Å². The maximum absolute atomic E-state index is 13.8. The molecule has 2 rings (SSSR count). The highest BCUT2D eigenvalue weighted by molar-refractivity contribution is 7.89. The lowest BCUT2D eigenvalue weighted by Gasteiger charge is -2.21. The molecule has 6 nitrogen and oxygen atoms in total. The van der Waals surface area contributed by atoms with Crippen molar-refractivity contribution >= 4 is 27.7 Å². The van der Waals surface area contributed by atoms with Crippen molar-refractivity contribution in [3.05, 3.63) is 29.0 Å². The number of rotatable bonds is 2. The van der Waals surface area contributed by atoms with Crippen LogP contribution in [0.3, 0.4) is 0 Å². The Bertz CT molecular complexity index is 653. The van der Waals surface area contributed by atoms with E-state index in [0.717, 1.165) is 16.4 Å². The van der Waals surface area contributed by atoms with Crippen LogP contribution in [0.1, 0.15) is 6.42 Å². The number of carbonyl (C=O) groups is 1. The first-order valence-corrected chi connectivity index (χ1v) is 8.14. The van der Waals surface area contributed by atoms with E-state index in [0.29, 0.717) is 13.0 Å². The van der Waals surface area contributed by atoms with Crippen LogP contribution in [0.15, 0.2) is 23.1 Å². The smallest absolute Gasteiger partial charge is 0.314 e. The van der Waals surface area contributed by atoms with Gasteiger partial charge in [-0.15, -0.1) is 0 Å². The van der Waals surface area contributed by atoms with Crippen LogP contribution >= 0.6 is 11.6 Å². The van der Waals surface area contributed by atoms with Gasteiger partial charge in [0, 0.05) is 31.2 Å². The number of amides is 2. The summed E-state index contributed by atoms with van der Waals surface area (Å²) in [6.45, 7) is 0.843. The Kier molecular flexibility index (Phi) is 4.70. The zero-order valence-corrected chi connectivity index (χ0v) is 12.7. The predicted octanol–water partition coefficient (Wildman–Crippen LogP) is 1.25. The molecule has 1 heterocycles. The molecule has 2 N–H and O–H groups in total. The van der Waals surface area contributed by atoms with E-state index in [2.05, 4.69) is 0 Å². The zero-order valence-electron chi connectivity index (χ0n) is 11.1. The van der Waals surface area contributed by atoms with Gasteiger partial charge in [0.15, 0.2) is 0 Å². The SMILES string of the molecule is NC(=O)N1CCCN(S(=O)(=O)c2ccc(Cl)cc2F)CC1. The number of urea groups is 1. The van der Waals surface area contributed by atoms with Crippen LogP contribution in [0.2, 0.25) is 5.02 Å². The van der Waals surface area contributed by atoms with Gasteiger partial charge in [-0.05, 0) is 24.6 Å². The third-order valence-electron chi connectivity index (χ3n) is 3.28. The number of hydrogen-bond donors (Lipinski definition) is 1. The topological polar surface area (TPSA) is 83.7 Å². The molecule has 1 aliphatic rings. The molecule has 0 saturated carbocycles. The van der Waals surface area contributed by atoms with Gasteiger partial charge in [-0.3, -0.25) is 0 Å². The summed E-state index contributed by atoms with van der Waals surface area (Å²) in [5, 5.41) is 0.127. The van der Waals surface area contributed by atoms with Crippen LogP contribution in [0.4, 0.5) is 9.18 Å². The first kappa shape index (κ1) is 16.0. The molecule has 1 fully saturated rings. The Hall–Kier alpha value is -1.38. The highest BCUT2D eigenvalue weighted by atomic mass is 35.5. The van der Waals surface area contributed by atoms with Crippen LogP contribution in [-0.4, -0.2) is 49.8 Å². The van der Waals surface area contributed by atoms with E-state index in [-0.39, 0.29) is 24.7 Å². The first-order valence-electron chi connectivity index (χ1n) is 6.32. The maximum atomic E-state index is 13.8. The Morgan fingerprint density at radius 1 is 1.24 bits per heavy atom. The van der Waals surface area contributed by atoms with E-state index in [4.69, 9.17) is 17.3 Å². The summed E-state index contributed by atoms with van der Waals surface area (Å²) in [6.07, 6.45) is 0.442. The average molecular weight is 336 g/mol. The fourth-order valence-electron chi connectivity index (χ4n) is 2.18.